The average molecular weight is 380 g/mol. The lowest BCUT2D eigenvalue weighted by molar-refractivity contribution is -0.129. The molecule has 0 saturated heterocycles. The third-order valence-corrected chi connectivity index (χ3v) is 4.64. The second-order valence-electron chi connectivity index (χ2n) is 4.77. The fourth-order valence-electron chi connectivity index (χ4n) is 1.98. The maximum atomic E-state index is 12.4. The number of aliphatic hydroxyl groups is 1. The topological polar surface area (TPSA) is 40.5 Å². The van der Waals surface area contributed by atoms with Crippen LogP contribution in [-0.4, -0.2) is 34.8 Å². The van der Waals surface area contributed by atoms with Crippen molar-refractivity contribution in [2.75, 3.05) is 18.9 Å². The molecule has 2 rings (SSSR count). The van der Waals surface area contributed by atoms with Crippen LogP contribution in [0.2, 0.25) is 0 Å². The summed E-state index contributed by atoms with van der Waals surface area (Å²) < 4.78 is 1.02. The van der Waals surface area contributed by atoms with Gasteiger partial charge in [-0.1, -0.05) is 46.3 Å². The normalized spacial score (nSPS) is 10.5. The lowest BCUT2D eigenvalue weighted by Gasteiger charge is -2.21. The number of hydrogen-bond acceptors (Lipinski definition) is 3. The van der Waals surface area contributed by atoms with Gasteiger partial charge in [-0.25, -0.2) is 0 Å². The van der Waals surface area contributed by atoms with E-state index in [4.69, 9.17) is 0 Å². The van der Waals surface area contributed by atoms with Crippen molar-refractivity contribution in [3.8, 4) is 0 Å². The standard InChI is InChI=1S/C17H18BrNO2S/c18-15-6-8-16(9-7-15)22-13-17(21)19(10-11-20)12-14-4-2-1-3-5-14/h1-9,20H,10-13H2. The molecule has 0 aliphatic carbocycles. The van der Waals surface area contributed by atoms with Gasteiger partial charge in [0.2, 0.25) is 5.91 Å². The second-order valence-corrected chi connectivity index (χ2v) is 6.73. The molecule has 0 heterocycles. The van der Waals surface area contributed by atoms with Gasteiger partial charge < -0.3 is 10.0 Å². The molecule has 2 aromatic carbocycles. The van der Waals surface area contributed by atoms with E-state index in [1.165, 1.54) is 11.8 Å². The quantitative estimate of drug-likeness (QED) is 0.747. The molecule has 0 aliphatic rings. The monoisotopic (exact) mass is 379 g/mol. The first-order chi connectivity index (χ1) is 10.7. The van der Waals surface area contributed by atoms with Gasteiger partial charge in [0.05, 0.1) is 12.4 Å². The summed E-state index contributed by atoms with van der Waals surface area (Å²) in [4.78, 5) is 15.1. The third kappa shape index (κ3) is 5.48. The predicted octanol–water partition coefficient (Wildman–Crippen LogP) is 3.56. The number of nitrogens with zero attached hydrogens (tertiary/aromatic N) is 1. The van der Waals surface area contributed by atoms with Crippen LogP contribution in [-0.2, 0) is 11.3 Å². The van der Waals surface area contributed by atoms with Crippen LogP contribution in [0.1, 0.15) is 5.56 Å². The molecule has 0 bridgehead atoms. The van der Waals surface area contributed by atoms with Crippen molar-refractivity contribution in [2.45, 2.75) is 11.4 Å². The van der Waals surface area contributed by atoms with E-state index in [-0.39, 0.29) is 12.5 Å². The smallest absolute Gasteiger partial charge is 0.233 e. The zero-order valence-electron chi connectivity index (χ0n) is 12.1. The van der Waals surface area contributed by atoms with E-state index in [2.05, 4.69) is 15.9 Å². The van der Waals surface area contributed by atoms with E-state index < -0.39 is 0 Å². The maximum Gasteiger partial charge on any atom is 0.233 e. The summed E-state index contributed by atoms with van der Waals surface area (Å²) in [6, 6.07) is 17.7. The molecule has 5 heteroatoms. The average Bonchev–Trinajstić information content (AvgIpc) is 2.54. The van der Waals surface area contributed by atoms with Gasteiger partial charge in [0.25, 0.3) is 0 Å². The van der Waals surface area contributed by atoms with E-state index in [1.807, 2.05) is 54.6 Å². The molecule has 0 atom stereocenters. The zero-order chi connectivity index (χ0) is 15.8. The molecule has 0 saturated carbocycles. The van der Waals surface area contributed by atoms with Crippen molar-refractivity contribution in [1.29, 1.82) is 0 Å². The van der Waals surface area contributed by atoms with Crippen molar-refractivity contribution in [1.82, 2.24) is 4.90 Å². The SMILES string of the molecule is O=C(CSc1ccc(Br)cc1)N(CCO)Cc1ccccc1. The maximum absolute atomic E-state index is 12.4. The molecule has 0 aliphatic heterocycles. The first-order valence-corrected chi connectivity index (χ1v) is 8.78. The van der Waals surface area contributed by atoms with Crippen LogP contribution >= 0.6 is 27.7 Å². The van der Waals surface area contributed by atoms with Crippen molar-refractivity contribution >= 4 is 33.6 Å². The molecule has 3 nitrogen and oxygen atoms in total. The largest absolute Gasteiger partial charge is 0.395 e. The lowest BCUT2D eigenvalue weighted by Crippen LogP contribution is -2.34. The Hall–Kier alpha value is -1.30. The molecule has 0 fully saturated rings. The van der Waals surface area contributed by atoms with E-state index in [1.54, 1.807) is 4.90 Å². The summed E-state index contributed by atoms with van der Waals surface area (Å²) >= 11 is 4.90. The Balaban J connectivity index is 1.93. The minimum absolute atomic E-state index is 0.0263. The van der Waals surface area contributed by atoms with Crippen molar-refractivity contribution in [2.24, 2.45) is 0 Å². The number of aliphatic hydroxyl groups excluding tert-OH is 1. The molecule has 22 heavy (non-hydrogen) atoms. The van der Waals surface area contributed by atoms with Crippen LogP contribution < -0.4 is 0 Å². The number of rotatable bonds is 7. The summed E-state index contributed by atoms with van der Waals surface area (Å²) in [6.07, 6.45) is 0. The van der Waals surface area contributed by atoms with Gasteiger partial charge in [0.1, 0.15) is 0 Å². The van der Waals surface area contributed by atoms with Gasteiger partial charge in [-0.05, 0) is 29.8 Å². The van der Waals surface area contributed by atoms with Gasteiger partial charge >= 0.3 is 0 Å². The van der Waals surface area contributed by atoms with Crippen molar-refractivity contribution < 1.29 is 9.90 Å². The summed E-state index contributed by atoms with van der Waals surface area (Å²) in [7, 11) is 0. The van der Waals surface area contributed by atoms with Crippen molar-refractivity contribution in [3.63, 3.8) is 0 Å². The van der Waals surface area contributed by atoms with E-state index in [0.29, 0.717) is 18.8 Å². The Morgan fingerprint density at radius 1 is 1.09 bits per heavy atom. The minimum atomic E-state index is -0.0263. The molecule has 116 valence electrons. The van der Waals surface area contributed by atoms with E-state index in [0.717, 1.165) is 14.9 Å². The molecular weight excluding hydrogens is 362 g/mol. The Morgan fingerprint density at radius 2 is 1.77 bits per heavy atom. The minimum Gasteiger partial charge on any atom is -0.395 e. The Morgan fingerprint density at radius 3 is 2.41 bits per heavy atom. The highest BCUT2D eigenvalue weighted by molar-refractivity contribution is 9.10. The van der Waals surface area contributed by atoms with E-state index in [9.17, 15) is 9.90 Å². The lowest BCUT2D eigenvalue weighted by atomic mass is 10.2. The Labute approximate surface area is 143 Å². The molecule has 1 amide bonds. The molecule has 2 aromatic rings. The number of thioether (sulfide) groups is 1. The number of benzene rings is 2. The summed E-state index contributed by atoms with van der Waals surface area (Å²) in [5.74, 6) is 0.403. The molecule has 0 aromatic heterocycles. The number of amides is 1. The third-order valence-electron chi connectivity index (χ3n) is 3.11. The molecule has 1 N–H and O–H groups in total. The fraction of sp³-hybridized carbons (Fsp3) is 0.235. The van der Waals surface area contributed by atoms with Crippen LogP contribution in [0.5, 0.6) is 0 Å². The first kappa shape index (κ1) is 17.1. The molecule has 0 spiro atoms. The van der Waals surface area contributed by atoms with Crippen molar-refractivity contribution in [3.05, 3.63) is 64.6 Å². The van der Waals surface area contributed by atoms with Crippen LogP contribution in [0.3, 0.4) is 0 Å². The molecule has 0 radical (unpaired) electrons. The highest BCUT2D eigenvalue weighted by atomic mass is 79.9. The van der Waals surface area contributed by atoms with Crippen LogP contribution in [0.4, 0.5) is 0 Å². The predicted molar refractivity (Wildman–Crippen MR) is 93.8 cm³/mol. The van der Waals surface area contributed by atoms with E-state index >= 15 is 0 Å². The number of hydrogen-bond donors (Lipinski definition) is 1. The van der Waals surface area contributed by atoms with Crippen LogP contribution in [0.15, 0.2) is 64.0 Å². The molecular formula is C17H18BrNO2S. The fourth-order valence-corrected chi connectivity index (χ4v) is 3.05. The van der Waals surface area contributed by atoms with Gasteiger partial charge in [0.15, 0.2) is 0 Å². The first-order valence-electron chi connectivity index (χ1n) is 7.00. The summed E-state index contributed by atoms with van der Waals surface area (Å²) in [5.41, 5.74) is 1.07. The van der Waals surface area contributed by atoms with Crippen LogP contribution in [0, 0.1) is 0 Å². The highest BCUT2D eigenvalue weighted by Gasteiger charge is 2.13. The Bertz CT molecular complexity index is 589. The zero-order valence-corrected chi connectivity index (χ0v) is 14.5. The highest BCUT2D eigenvalue weighted by Crippen LogP contribution is 2.21. The van der Waals surface area contributed by atoms with Crippen LogP contribution in [0.25, 0.3) is 0 Å². The molecule has 0 unspecified atom stereocenters. The van der Waals surface area contributed by atoms with Gasteiger partial charge in [-0.15, -0.1) is 11.8 Å². The van der Waals surface area contributed by atoms with Gasteiger partial charge in [-0.3, -0.25) is 4.79 Å². The summed E-state index contributed by atoms with van der Waals surface area (Å²) in [6.45, 7) is 0.858. The number of halogens is 1. The summed E-state index contributed by atoms with van der Waals surface area (Å²) in [5, 5.41) is 9.17. The van der Waals surface area contributed by atoms with Gasteiger partial charge in [-0.2, -0.15) is 0 Å². The van der Waals surface area contributed by atoms with Gasteiger partial charge in [0, 0.05) is 22.5 Å². The second kappa shape index (κ2) is 8.98. The Kier molecular flexibility index (Phi) is 6.96. The number of carbonyl (C=O) groups excluding carboxylic acids is 1. The number of carbonyl (C=O) groups is 1.